The first-order chi connectivity index (χ1) is 15.7. The minimum absolute atomic E-state index is 0.144. The van der Waals surface area contributed by atoms with Gasteiger partial charge in [-0.3, -0.25) is 9.36 Å². The lowest BCUT2D eigenvalue weighted by Crippen LogP contribution is -2.29. The van der Waals surface area contributed by atoms with E-state index in [1.54, 1.807) is 0 Å². The van der Waals surface area contributed by atoms with E-state index in [4.69, 9.17) is 4.98 Å². The largest absolute Gasteiger partial charge is 0.292 e. The molecule has 5 rings (SSSR count). The van der Waals surface area contributed by atoms with E-state index in [1.807, 2.05) is 22.8 Å². The third-order valence-electron chi connectivity index (χ3n) is 6.14. The normalized spacial score (nSPS) is 12.8. The monoisotopic (exact) mass is 426 g/mol. The molecule has 7 nitrogen and oxygen atoms in total. The molecule has 0 radical (unpaired) electrons. The van der Waals surface area contributed by atoms with Gasteiger partial charge >= 0.3 is 0 Å². The van der Waals surface area contributed by atoms with E-state index >= 15 is 0 Å². The van der Waals surface area contributed by atoms with E-state index in [2.05, 4.69) is 57.9 Å². The van der Waals surface area contributed by atoms with Crippen LogP contribution in [0.1, 0.15) is 48.8 Å². The van der Waals surface area contributed by atoms with Gasteiger partial charge in [-0.2, -0.15) is 5.21 Å². The van der Waals surface area contributed by atoms with Crippen LogP contribution in [0.5, 0.6) is 0 Å². The van der Waals surface area contributed by atoms with E-state index in [9.17, 15) is 4.79 Å². The molecule has 162 valence electrons. The summed E-state index contributed by atoms with van der Waals surface area (Å²) >= 11 is 0. The average molecular weight is 427 g/mol. The van der Waals surface area contributed by atoms with Gasteiger partial charge < -0.3 is 0 Å². The van der Waals surface area contributed by atoms with Crippen LogP contribution in [-0.4, -0.2) is 30.2 Å². The summed E-state index contributed by atoms with van der Waals surface area (Å²) < 4.78 is 1.89. The highest BCUT2D eigenvalue weighted by atomic mass is 16.1. The first-order valence-corrected chi connectivity index (χ1v) is 11.3. The van der Waals surface area contributed by atoms with E-state index < -0.39 is 0 Å². The SMILES string of the molecule is CCCCc1nc2c(c(=O)n1Cc1ccc(-c3ccccc3-c3nn[nH]n3)cc1)CCC2. The predicted molar refractivity (Wildman–Crippen MR) is 123 cm³/mol. The average Bonchev–Trinajstić information content (AvgIpc) is 3.53. The Bertz CT molecular complexity index is 1280. The van der Waals surface area contributed by atoms with E-state index in [0.717, 1.165) is 77.9 Å². The number of hydrogen-bond acceptors (Lipinski definition) is 5. The topological polar surface area (TPSA) is 89.4 Å². The molecular weight excluding hydrogens is 400 g/mol. The summed E-state index contributed by atoms with van der Waals surface area (Å²) in [6, 6.07) is 16.4. The van der Waals surface area contributed by atoms with Crippen LogP contribution in [0.25, 0.3) is 22.5 Å². The molecule has 32 heavy (non-hydrogen) atoms. The zero-order chi connectivity index (χ0) is 21.9. The van der Waals surface area contributed by atoms with Crippen LogP contribution in [0.4, 0.5) is 0 Å². The van der Waals surface area contributed by atoms with Crippen molar-refractivity contribution in [3.8, 4) is 22.5 Å². The molecule has 4 aromatic rings. The summed E-state index contributed by atoms with van der Waals surface area (Å²) in [5.74, 6) is 1.49. The number of tetrazole rings is 1. The molecule has 2 heterocycles. The lowest BCUT2D eigenvalue weighted by Gasteiger charge is -2.15. The Hall–Kier alpha value is -3.61. The van der Waals surface area contributed by atoms with Crippen LogP contribution < -0.4 is 5.56 Å². The molecule has 0 spiro atoms. The van der Waals surface area contributed by atoms with Gasteiger partial charge in [0, 0.05) is 17.5 Å². The first kappa shape index (κ1) is 20.3. The minimum atomic E-state index is 0.144. The maximum absolute atomic E-state index is 13.2. The molecule has 2 aromatic heterocycles. The number of hydrogen-bond donors (Lipinski definition) is 1. The highest BCUT2D eigenvalue weighted by molar-refractivity contribution is 5.80. The van der Waals surface area contributed by atoms with Gasteiger partial charge in [0.25, 0.3) is 5.56 Å². The molecule has 1 N–H and O–H groups in total. The van der Waals surface area contributed by atoms with Crippen molar-refractivity contribution in [1.29, 1.82) is 0 Å². The van der Waals surface area contributed by atoms with Crippen LogP contribution in [-0.2, 0) is 25.8 Å². The summed E-state index contributed by atoms with van der Waals surface area (Å²) in [4.78, 5) is 18.1. The van der Waals surface area contributed by atoms with Crippen molar-refractivity contribution >= 4 is 0 Å². The van der Waals surface area contributed by atoms with Crippen molar-refractivity contribution in [3.05, 3.63) is 81.5 Å². The molecule has 0 saturated carbocycles. The molecular formula is C25H26N6O. The summed E-state index contributed by atoms with van der Waals surface area (Å²) in [5.41, 5.74) is 6.20. The van der Waals surface area contributed by atoms with Gasteiger partial charge in [0.15, 0.2) is 0 Å². The number of nitrogens with one attached hydrogen (secondary N) is 1. The molecule has 2 aromatic carbocycles. The van der Waals surface area contributed by atoms with Crippen molar-refractivity contribution < 1.29 is 0 Å². The van der Waals surface area contributed by atoms with E-state index in [0.29, 0.717) is 12.4 Å². The number of benzene rings is 2. The summed E-state index contributed by atoms with van der Waals surface area (Å²) in [7, 11) is 0. The van der Waals surface area contributed by atoms with E-state index in [1.165, 1.54) is 0 Å². The second-order valence-corrected chi connectivity index (χ2v) is 8.28. The quantitative estimate of drug-likeness (QED) is 0.483. The van der Waals surface area contributed by atoms with Gasteiger partial charge in [-0.05, 0) is 47.6 Å². The minimum Gasteiger partial charge on any atom is -0.292 e. The van der Waals surface area contributed by atoms with Gasteiger partial charge in [0.1, 0.15) is 5.82 Å². The van der Waals surface area contributed by atoms with Crippen LogP contribution in [0.3, 0.4) is 0 Å². The Balaban J connectivity index is 1.46. The number of aryl methyl sites for hydroxylation is 2. The molecule has 0 fully saturated rings. The molecule has 0 bridgehead atoms. The molecule has 0 amide bonds. The highest BCUT2D eigenvalue weighted by Gasteiger charge is 2.20. The number of aromatic nitrogens is 6. The Morgan fingerprint density at radius 3 is 2.59 bits per heavy atom. The van der Waals surface area contributed by atoms with Crippen LogP contribution in [0.15, 0.2) is 53.3 Å². The Morgan fingerprint density at radius 2 is 1.84 bits per heavy atom. The molecule has 7 heteroatoms. The Morgan fingerprint density at radius 1 is 1.03 bits per heavy atom. The third-order valence-corrected chi connectivity index (χ3v) is 6.14. The van der Waals surface area contributed by atoms with Gasteiger partial charge in [-0.1, -0.05) is 61.9 Å². The maximum Gasteiger partial charge on any atom is 0.257 e. The van der Waals surface area contributed by atoms with Gasteiger partial charge in [-0.15, -0.1) is 10.2 Å². The van der Waals surface area contributed by atoms with E-state index in [-0.39, 0.29) is 5.56 Å². The van der Waals surface area contributed by atoms with Crippen molar-refractivity contribution in [1.82, 2.24) is 30.2 Å². The summed E-state index contributed by atoms with van der Waals surface area (Å²) in [6.45, 7) is 2.71. The van der Waals surface area contributed by atoms with Crippen LogP contribution in [0.2, 0.25) is 0 Å². The zero-order valence-corrected chi connectivity index (χ0v) is 18.2. The van der Waals surface area contributed by atoms with Gasteiger partial charge in [0.2, 0.25) is 5.82 Å². The number of H-pyrrole nitrogens is 1. The molecule has 1 aliphatic rings. The third kappa shape index (κ3) is 3.86. The molecule has 1 aliphatic carbocycles. The van der Waals surface area contributed by atoms with Crippen molar-refractivity contribution in [2.75, 3.05) is 0 Å². The molecule has 0 unspecified atom stereocenters. The highest BCUT2D eigenvalue weighted by Crippen LogP contribution is 2.30. The number of nitrogens with zero attached hydrogens (tertiary/aromatic N) is 5. The number of fused-ring (bicyclic) bond motifs is 1. The van der Waals surface area contributed by atoms with Crippen molar-refractivity contribution in [2.45, 2.75) is 52.0 Å². The number of aromatic amines is 1. The fraction of sp³-hybridized carbons (Fsp3) is 0.320. The van der Waals surface area contributed by atoms with Crippen molar-refractivity contribution in [2.24, 2.45) is 0 Å². The Kier molecular flexibility index (Phi) is 5.62. The number of unbranched alkanes of at least 4 members (excludes halogenated alkanes) is 1. The van der Waals surface area contributed by atoms with Crippen molar-refractivity contribution in [3.63, 3.8) is 0 Å². The lowest BCUT2D eigenvalue weighted by atomic mass is 9.98. The standard InChI is InChI=1S/C25H26N6O/c1-2-3-11-23-26-22-10-6-9-21(22)25(32)31(23)16-17-12-14-18(15-13-17)19-7-4-5-8-20(19)24-27-29-30-28-24/h4-5,7-8,12-15H,2-3,6,9-11,16H2,1H3,(H,27,28,29,30). The molecule has 0 atom stereocenters. The maximum atomic E-state index is 13.2. The van der Waals surface area contributed by atoms with Crippen LogP contribution >= 0.6 is 0 Å². The number of rotatable bonds is 7. The molecule has 0 saturated heterocycles. The van der Waals surface area contributed by atoms with Gasteiger partial charge in [-0.25, -0.2) is 4.98 Å². The second-order valence-electron chi connectivity index (χ2n) is 8.28. The zero-order valence-electron chi connectivity index (χ0n) is 18.2. The first-order valence-electron chi connectivity index (χ1n) is 11.3. The fourth-order valence-electron chi connectivity index (χ4n) is 4.44. The summed E-state index contributed by atoms with van der Waals surface area (Å²) in [5, 5.41) is 14.5. The molecule has 0 aliphatic heterocycles. The lowest BCUT2D eigenvalue weighted by molar-refractivity contribution is 0.627. The van der Waals surface area contributed by atoms with Gasteiger partial charge in [0.05, 0.1) is 12.2 Å². The Labute approximate surface area is 186 Å². The predicted octanol–water partition coefficient (Wildman–Crippen LogP) is 3.97. The second kappa shape index (κ2) is 8.86. The van der Waals surface area contributed by atoms with Crippen LogP contribution in [0, 0.1) is 0 Å². The smallest absolute Gasteiger partial charge is 0.257 e. The fourth-order valence-corrected chi connectivity index (χ4v) is 4.44. The summed E-state index contributed by atoms with van der Waals surface area (Å²) in [6.07, 6.45) is 5.77.